The Hall–Kier alpha value is -2.65. The average molecular weight is 358 g/mol. The SMILES string of the molecule is C(=N/Nc1cc(N2CCOCC2)nc(N2CCOCC2)n1)/c1ccco1. The zero-order valence-corrected chi connectivity index (χ0v) is 14.5. The summed E-state index contributed by atoms with van der Waals surface area (Å²) in [5.41, 5.74) is 2.98. The van der Waals surface area contributed by atoms with Gasteiger partial charge in [0.15, 0.2) is 5.82 Å². The fraction of sp³-hybridized carbons (Fsp3) is 0.471. The van der Waals surface area contributed by atoms with E-state index in [1.54, 1.807) is 12.5 Å². The van der Waals surface area contributed by atoms with Gasteiger partial charge in [-0.1, -0.05) is 0 Å². The van der Waals surface area contributed by atoms with Gasteiger partial charge in [-0.15, -0.1) is 0 Å². The Morgan fingerprint density at radius 2 is 1.73 bits per heavy atom. The summed E-state index contributed by atoms with van der Waals surface area (Å²) in [4.78, 5) is 13.7. The molecule has 0 radical (unpaired) electrons. The fourth-order valence-corrected chi connectivity index (χ4v) is 2.87. The molecule has 2 aromatic rings. The van der Waals surface area contributed by atoms with Crippen molar-refractivity contribution in [1.29, 1.82) is 0 Å². The van der Waals surface area contributed by atoms with Gasteiger partial charge in [-0.2, -0.15) is 15.1 Å². The number of furan rings is 1. The molecule has 0 saturated carbocycles. The van der Waals surface area contributed by atoms with Crippen LogP contribution in [0.3, 0.4) is 0 Å². The van der Waals surface area contributed by atoms with Gasteiger partial charge in [0.1, 0.15) is 11.6 Å². The van der Waals surface area contributed by atoms with Gasteiger partial charge in [0.2, 0.25) is 5.95 Å². The lowest BCUT2D eigenvalue weighted by Gasteiger charge is -2.31. The maximum absolute atomic E-state index is 5.44. The second-order valence-electron chi connectivity index (χ2n) is 6.00. The number of aromatic nitrogens is 2. The summed E-state index contributed by atoms with van der Waals surface area (Å²) in [7, 11) is 0. The van der Waals surface area contributed by atoms with Crippen molar-refractivity contribution in [1.82, 2.24) is 9.97 Å². The predicted octanol–water partition coefficient (Wildman–Crippen LogP) is 1.19. The zero-order chi connectivity index (χ0) is 17.6. The van der Waals surface area contributed by atoms with Crippen LogP contribution in [0, 0.1) is 0 Å². The minimum absolute atomic E-state index is 0.644. The van der Waals surface area contributed by atoms with Crippen molar-refractivity contribution >= 4 is 23.8 Å². The monoisotopic (exact) mass is 358 g/mol. The fourth-order valence-electron chi connectivity index (χ4n) is 2.87. The zero-order valence-electron chi connectivity index (χ0n) is 14.5. The number of rotatable bonds is 5. The minimum atomic E-state index is 0.644. The molecule has 0 atom stereocenters. The van der Waals surface area contributed by atoms with Crippen molar-refractivity contribution in [3.8, 4) is 0 Å². The molecule has 2 saturated heterocycles. The Morgan fingerprint density at radius 3 is 2.42 bits per heavy atom. The van der Waals surface area contributed by atoms with Crippen LogP contribution in [0.25, 0.3) is 0 Å². The van der Waals surface area contributed by atoms with Crippen molar-refractivity contribution in [2.75, 3.05) is 67.8 Å². The molecule has 2 aromatic heterocycles. The van der Waals surface area contributed by atoms with E-state index in [4.69, 9.17) is 18.9 Å². The van der Waals surface area contributed by atoms with Crippen molar-refractivity contribution in [2.24, 2.45) is 5.10 Å². The maximum atomic E-state index is 5.44. The van der Waals surface area contributed by atoms with E-state index >= 15 is 0 Å². The first-order valence-electron chi connectivity index (χ1n) is 8.75. The van der Waals surface area contributed by atoms with Gasteiger partial charge in [0, 0.05) is 32.2 Å². The molecule has 138 valence electrons. The topological polar surface area (TPSA) is 88.2 Å². The third kappa shape index (κ3) is 4.12. The van der Waals surface area contributed by atoms with Crippen LogP contribution >= 0.6 is 0 Å². The molecule has 9 heteroatoms. The number of anilines is 3. The number of morpholine rings is 2. The highest BCUT2D eigenvalue weighted by Crippen LogP contribution is 2.22. The highest BCUT2D eigenvalue weighted by Gasteiger charge is 2.19. The molecule has 4 rings (SSSR count). The maximum Gasteiger partial charge on any atom is 0.229 e. The first-order chi connectivity index (χ1) is 12.9. The van der Waals surface area contributed by atoms with E-state index < -0.39 is 0 Å². The minimum Gasteiger partial charge on any atom is -0.463 e. The van der Waals surface area contributed by atoms with Crippen LogP contribution in [0.4, 0.5) is 17.6 Å². The van der Waals surface area contributed by atoms with Crippen molar-refractivity contribution in [2.45, 2.75) is 0 Å². The van der Waals surface area contributed by atoms with E-state index in [-0.39, 0.29) is 0 Å². The number of nitrogens with one attached hydrogen (secondary N) is 1. The molecular formula is C17H22N6O3. The smallest absolute Gasteiger partial charge is 0.229 e. The normalized spacial score (nSPS) is 18.5. The quantitative estimate of drug-likeness (QED) is 0.630. The molecule has 1 N–H and O–H groups in total. The van der Waals surface area contributed by atoms with Crippen LogP contribution in [0.5, 0.6) is 0 Å². The summed E-state index contributed by atoms with van der Waals surface area (Å²) < 4.78 is 16.1. The van der Waals surface area contributed by atoms with Gasteiger partial charge < -0.3 is 23.7 Å². The third-order valence-corrected chi connectivity index (χ3v) is 4.24. The number of ether oxygens (including phenoxy) is 2. The van der Waals surface area contributed by atoms with Crippen LogP contribution in [-0.4, -0.2) is 68.8 Å². The standard InChI is InChI=1S/C17H22N6O3/c1-2-14(26-7-1)13-18-21-15-12-16(22-3-8-24-9-4-22)20-17(19-15)23-5-10-25-11-6-23/h1-2,7,12-13H,3-6,8-11H2,(H,19,20,21)/b18-13-. The Bertz CT molecular complexity index is 688. The Kier molecular flexibility index (Phi) is 5.27. The molecule has 0 aliphatic carbocycles. The van der Waals surface area contributed by atoms with E-state index in [9.17, 15) is 0 Å². The molecule has 0 aromatic carbocycles. The Balaban J connectivity index is 1.56. The van der Waals surface area contributed by atoms with Crippen LogP contribution in [0.1, 0.15) is 5.76 Å². The van der Waals surface area contributed by atoms with Gasteiger partial charge in [0.25, 0.3) is 0 Å². The molecule has 0 spiro atoms. The molecule has 2 fully saturated rings. The number of hydrogen-bond acceptors (Lipinski definition) is 9. The van der Waals surface area contributed by atoms with E-state index in [2.05, 4.69) is 25.3 Å². The molecule has 9 nitrogen and oxygen atoms in total. The lowest BCUT2D eigenvalue weighted by atomic mass is 10.4. The predicted molar refractivity (Wildman–Crippen MR) is 98.0 cm³/mol. The first-order valence-corrected chi connectivity index (χ1v) is 8.75. The van der Waals surface area contributed by atoms with Crippen LogP contribution in [0.15, 0.2) is 34.0 Å². The molecular weight excluding hydrogens is 336 g/mol. The van der Waals surface area contributed by atoms with Crippen LogP contribution < -0.4 is 15.2 Å². The number of hydrazone groups is 1. The molecule has 2 aliphatic heterocycles. The highest BCUT2D eigenvalue weighted by atomic mass is 16.5. The van der Waals surface area contributed by atoms with Gasteiger partial charge >= 0.3 is 0 Å². The third-order valence-electron chi connectivity index (χ3n) is 4.24. The first kappa shape index (κ1) is 16.8. The Labute approximate surface area is 151 Å². The Morgan fingerprint density at radius 1 is 1.00 bits per heavy atom. The number of nitrogens with zero attached hydrogens (tertiary/aromatic N) is 5. The van der Waals surface area contributed by atoms with Crippen LogP contribution in [0.2, 0.25) is 0 Å². The lowest BCUT2D eigenvalue weighted by Crippen LogP contribution is -2.39. The van der Waals surface area contributed by atoms with Crippen molar-refractivity contribution in [3.05, 3.63) is 30.2 Å². The largest absolute Gasteiger partial charge is 0.463 e. The van der Waals surface area contributed by atoms with Gasteiger partial charge in [0.05, 0.1) is 38.9 Å². The van der Waals surface area contributed by atoms with E-state index in [1.165, 1.54) is 0 Å². The summed E-state index contributed by atoms with van der Waals surface area (Å²) in [6.45, 7) is 5.97. The van der Waals surface area contributed by atoms with Gasteiger partial charge in [-0.3, -0.25) is 5.43 Å². The summed E-state index contributed by atoms with van der Waals surface area (Å²) >= 11 is 0. The summed E-state index contributed by atoms with van der Waals surface area (Å²) in [5, 5.41) is 4.21. The highest BCUT2D eigenvalue weighted by molar-refractivity contribution is 5.76. The second-order valence-corrected chi connectivity index (χ2v) is 6.00. The van der Waals surface area contributed by atoms with E-state index in [0.29, 0.717) is 44.0 Å². The van der Waals surface area contributed by atoms with Gasteiger partial charge in [-0.25, -0.2) is 0 Å². The molecule has 0 unspecified atom stereocenters. The average Bonchev–Trinajstić information content (AvgIpc) is 3.23. The molecule has 0 amide bonds. The lowest BCUT2D eigenvalue weighted by molar-refractivity contribution is 0.121. The summed E-state index contributed by atoms with van der Waals surface area (Å²) in [5.74, 6) is 2.88. The van der Waals surface area contributed by atoms with Crippen LogP contribution in [-0.2, 0) is 9.47 Å². The number of hydrogen-bond donors (Lipinski definition) is 1. The van der Waals surface area contributed by atoms with E-state index in [1.807, 2.05) is 18.2 Å². The molecule has 0 bridgehead atoms. The molecule has 4 heterocycles. The summed E-state index contributed by atoms with van der Waals surface area (Å²) in [6, 6.07) is 5.57. The van der Waals surface area contributed by atoms with Crippen molar-refractivity contribution in [3.63, 3.8) is 0 Å². The molecule has 26 heavy (non-hydrogen) atoms. The summed E-state index contributed by atoms with van der Waals surface area (Å²) in [6.07, 6.45) is 3.23. The van der Waals surface area contributed by atoms with Gasteiger partial charge in [-0.05, 0) is 12.1 Å². The second kappa shape index (κ2) is 8.15. The van der Waals surface area contributed by atoms with Crippen molar-refractivity contribution < 1.29 is 13.9 Å². The molecule has 2 aliphatic rings. The van der Waals surface area contributed by atoms with E-state index in [0.717, 1.165) is 32.0 Å².